The molecule has 0 radical (unpaired) electrons. The first-order valence-corrected chi connectivity index (χ1v) is 10.4. The van der Waals surface area contributed by atoms with Gasteiger partial charge in [0.1, 0.15) is 0 Å². The summed E-state index contributed by atoms with van der Waals surface area (Å²) in [5.41, 5.74) is 4.39. The van der Waals surface area contributed by atoms with Crippen molar-refractivity contribution >= 4 is 33.9 Å². The SMILES string of the molecule is CSc1ccc(-c2nc(Nc3ccccc3)sc2-c2ccccc2)cc1. The highest BCUT2D eigenvalue weighted by Crippen LogP contribution is 2.40. The number of hydrogen-bond acceptors (Lipinski definition) is 4. The van der Waals surface area contributed by atoms with E-state index in [1.165, 1.54) is 15.3 Å². The molecule has 1 N–H and O–H groups in total. The molecule has 1 aromatic heterocycles. The fraction of sp³-hybridized carbons (Fsp3) is 0.0455. The fourth-order valence-electron chi connectivity index (χ4n) is 2.75. The predicted octanol–water partition coefficient (Wildman–Crippen LogP) is 6.94. The molecule has 0 saturated heterocycles. The Hall–Kier alpha value is -2.56. The number of aromatic nitrogens is 1. The van der Waals surface area contributed by atoms with Gasteiger partial charge in [-0.15, -0.1) is 11.8 Å². The fourth-order valence-corrected chi connectivity index (χ4v) is 4.17. The lowest BCUT2D eigenvalue weighted by atomic mass is 10.1. The van der Waals surface area contributed by atoms with Gasteiger partial charge in [0.2, 0.25) is 0 Å². The van der Waals surface area contributed by atoms with Crippen molar-refractivity contribution in [3.8, 4) is 21.7 Å². The minimum atomic E-state index is 0.902. The Morgan fingerprint density at radius 2 is 1.42 bits per heavy atom. The quantitative estimate of drug-likeness (QED) is 0.383. The summed E-state index contributed by atoms with van der Waals surface area (Å²) in [5, 5.41) is 4.33. The average Bonchev–Trinajstić information content (AvgIpc) is 3.13. The zero-order chi connectivity index (χ0) is 17.8. The lowest BCUT2D eigenvalue weighted by Gasteiger charge is -2.03. The highest BCUT2D eigenvalue weighted by atomic mass is 32.2. The average molecular weight is 375 g/mol. The number of nitrogens with zero attached hydrogens (tertiary/aromatic N) is 1. The van der Waals surface area contributed by atoms with Crippen LogP contribution in [-0.2, 0) is 0 Å². The highest BCUT2D eigenvalue weighted by Gasteiger charge is 2.15. The number of thiazole rings is 1. The van der Waals surface area contributed by atoms with Gasteiger partial charge in [0.05, 0.1) is 10.6 Å². The molecule has 4 rings (SSSR count). The van der Waals surface area contributed by atoms with Gasteiger partial charge in [-0.3, -0.25) is 0 Å². The molecule has 4 aromatic rings. The van der Waals surface area contributed by atoms with E-state index in [-0.39, 0.29) is 0 Å². The smallest absolute Gasteiger partial charge is 0.188 e. The lowest BCUT2D eigenvalue weighted by Crippen LogP contribution is -1.88. The van der Waals surface area contributed by atoms with Gasteiger partial charge in [-0.05, 0) is 36.1 Å². The van der Waals surface area contributed by atoms with Crippen LogP contribution in [0.3, 0.4) is 0 Å². The zero-order valence-corrected chi connectivity index (χ0v) is 16.0. The van der Waals surface area contributed by atoms with E-state index in [0.717, 1.165) is 22.1 Å². The Bertz CT molecular complexity index is 978. The first-order valence-electron chi connectivity index (χ1n) is 8.36. The topological polar surface area (TPSA) is 24.9 Å². The van der Waals surface area contributed by atoms with Crippen molar-refractivity contribution in [1.82, 2.24) is 4.98 Å². The molecule has 1 heterocycles. The normalized spacial score (nSPS) is 10.7. The van der Waals surface area contributed by atoms with E-state index >= 15 is 0 Å². The molecule has 0 fully saturated rings. The van der Waals surface area contributed by atoms with Gasteiger partial charge in [-0.1, -0.05) is 72.0 Å². The van der Waals surface area contributed by atoms with Crippen molar-refractivity contribution in [3.05, 3.63) is 84.9 Å². The van der Waals surface area contributed by atoms with E-state index in [1.807, 2.05) is 24.3 Å². The molecule has 0 unspecified atom stereocenters. The van der Waals surface area contributed by atoms with Crippen molar-refractivity contribution in [3.63, 3.8) is 0 Å². The van der Waals surface area contributed by atoms with Crippen LogP contribution in [0.4, 0.5) is 10.8 Å². The summed E-state index contributed by atoms with van der Waals surface area (Å²) in [6.45, 7) is 0. The number of hydrogen-bond donors (Lipinski definition) is 1. The van der Waals surface area contributed by atoms with Crippen LogP contribution in [0.2, 0.25) is 0 Å². The first kappa shape index (κ1) is 16.9. The predicted molar refractivity (Wildman–Crippen MR) is 114 cm³/mol. The molecular formula is C22H18N2S2. The molecule has 2 nitrogen and oxygen atoms in total. The van der Waals surface area contributed by atoms with Crippen LogP contribution in [0.5, 0.6) is 0 Å². The second kappa shape index (κ2) is 7.77. The summed E-state index contributed by atoms with van der Waals surface area (Å²) in [6, 6.07) is 29.2. The summed E-state index contributed by atoms with van der Waals surface area (Å²) in [5.74, 6) is 0. The molecule has 0 bridgehead atoms. The Balaban J connectivity index is 1.77. The Morgan fingerprint density at radius 1 is 0.769 bits per heavy atom. The third-order valence-electron chi connectivity index (χ3n) is 4.05. The van der Waals surface area contributed by atoms with Gasteiger partial charge >= 0.3 is 0 Å². The van der Waals surface area contributed by atoms with Crippen molar-refractivity contribution in [2.24, 2.45) is 0 Å². The van der Waals surface area contributed by atoms with Crippen molar-refractivity contribution < 1.29 is 0 Å². The molecule has 0 atom stereocenters. The highest BCUT2D eigenvalue weighted by molar-refractivity contribution is 7.98. The summed E-state index contributed by atoms with van der Waals surface area (Å²) >= 11 is 3.43. The molecule has 0 aliphatic rings. The summed E-state index contributed by atoms with van der Waals surface area (Å²) in [6.07, 6.45) is 2.09. The van der Waals surface area contributed by atoms with E-state index in [0.29, 0.717) is 0 Å². The van der Waals surface area contributed by atoms with Crippen LogP contribution in [0, 0.1) is 0 Å². The monoisotopic (exact) mass is 374 g/mol. The Morgan fingerprint density at radius 3 is 2.08 bits per heavy atom. The van der Waals surface area contributed by atoms with Gasteiger partial charge in [-0.2, -0.15) is 0 Å². The van der Waals surface area contributed by atoms with Crippen molar-refractivity contribution in [1.29, 1.82) is 0 Å². The molecule has 128 valence electrons. The van der Waals surface area contributed by atoms with Crippen LogP contribution >= 0.6 is 23.1 Å². The van der Waals surface area contributed by atoms with Gasteiger partial charge < -0.3 is 5.32 Å². The number of nitrogens with one attached hydrogen (secondary N) is 1. The van der Waals surface area contributed by atoms with E-state index in [2.05, 4.69) is 72.2 Å². The first-order chi connectivity index (χ1) is 12.8. The lowest BCUT2D eigenvalue weighted by molar-refractivity contribution is 1.37. The van der Waals surface area contributed by atoms with Gasteiger partial charge in [0.25, 0.3) is 0 Å². The third kappa shape index (κ3) is 3.66. The van der Waals surface area contributed by atoms with Crippen LogP contribution < -0.4 is 5.32 Å². The molecule has 4 heteroatoms. The van der Waals surface area contributed by atoms with Crippen LogP contribution in [0.25, 0.3) is 21.7 Å². The number of thioether (sulfide) groups is 1. The molecule has 0 amide bonds. The maximum atomic E-state index is 4.91. The van der Waals surface area contributed by atoms with E-state index in [9.17, 15) is 0 Å². The standard InChI is InChI=1S/C22H18N2S2/c1-25-19-14-12-16(13-15-19)20-21(17-8-4-2-5-9-17)26-22(24-20)23-18-10-6-3-7-11-18/h2-15H,1H3,(H,23,24). The molecule has 0 saturated carbocycles. The van der Waals surface area contributed by atoms with E-state index < -0.39 is 0 Å². The second-order valence-electron chi connectivity index (χ2n) is 5.78. The minimum Gasteiger partial charge on any atom is -0.332 e. The van der Waals surface area contributed by atoms with Gasteiger partial charge in [-0.25, -0.2) is 4.98 Å². The largest absolute Gasteiger partial charge is 0.332 e. The van der Waals surface area contributed by atoms with Crippen LogP contribution in [0.1, 0.15) is 0 Å². The van der Waals surface area contributed by atoms with Crippen LogP contribution in [-0.4, -0.2) is 11.2 Å². The summed E-state index contributed by atoms with van der Waals surface area (Å²) < 4.78 is 0. The molecule has 0 aliphatic heterocycles. The number of anilines is 2. The number of benzene rings is 3. The minimum absolute atomic E-state index is 0.902. The Labute approximate surface area is 162 Å². The number of rotatable bonds is 5. The molecular weight excluding hydrogens is 356 g/mol. The van der Waals surface area contributed by atoms with Crippen LogP contribution in [0.15, 0.2) is 89.8 Å². The van der Waals surface area contributed by atoms with Gasteiger partial charge in [0, 0.05) is 16.1 Å². The summed E-state index contributed by atoms with van der Waals surface area (Å²) in [4.78, 5) is 7.35. The second-order valence-corrected chi connectivity index (χ2v) is 7.66. The number of para-hydroxylation sites is 1. The maximum Gasteiger partial charge on any atom is 0.188 e. The van der Waals surface area contributed by atoms with E-state index in [1.54, 1.807) is 23.1 Å². The van der Waals surface area contributed by atoms with Crippen molar-refractivity contribution in [2.45, 2.75) is 4.90 Å². The molecule has 0 spiro atoms. The van der Waals surface area contributed by atoms with Gasteiger partial charge in [0.15, 0.2) is 5.13 Å². The third-order valence-corrected chi connectivity index (χ3v) is 5.82. The Kier molecular flexibility index (Phi) is 5.04. The molecule has 3 aromatic carbocycles. The molecule has 26 heavy (non-hydrogen) atoms. The molecule has 0 aliphatic carbocycles. The van der Waals surface area contributed by atoms with Crippen molar-refractivity contribution in [2.75, 3.05) is 11.6 Å². The maximum absolute atomic E-state index is 4.91. The summed E-state index contributed by atoms with van der Waals surface area (Å²) in [7, 11) is 0. The zero-order valence-electron chi connectivity index (χ0n) is 14.3. The van der Waals surface area contributed by atoms with E-state index in [4.69, 9.17) is 4.98 Å².